The molecule has 0 radical (unpaired) electrons. The van der Waals surface area contributed by atoms with E-state index in [0.29, 0.717) is 30.7 Å². The standard InChI is InChI=1S/C42H71N5O8S/c1-13-27(6)37(46(10)42(53)35(25(2)3)44-41(52)36(26(4)5)45(9)33(48)21-23-56)32(54-11)24-34(49)47-22-17-20-31(47)39(55-12)28(7)40(51)43-29(8)38(50)30-18-15-14-16-19-30/h14-16,18-19,25-29,31-32,35-39,50,56H,13,17,20-24H2,1-12H3,(H,43,51)(H,44,52)/t27-,28+,29+,31-,32+,35-,36-,37-,38+,39+/m0/s1. The number of likely N-dealkylation sites (N-methyl/N-ethyl adjacent to an activating group) is 2. The number of nitrogens with zero attached hydrogens (tertiary/aromatic N) is 3. The minimum absolute atomic E-state index is 0.0108. The quantitative estimate of drug-likeness (QED) is 0.128. The molecule has 1 aromatic rings. The molecule has 56 heavy (non-hydrogen) atoms. The van der Waals surface area contributed by atoms with Crippen LogP contribution in [0.4, 0.5) is 0 Å². The normalized spacial score (nSPS) is 19.3. The van der Waals surface area contributed by atoms with E-state index in [0.717, 1.165) is 6.42 Å². The Morgan fingerprint density at radius 2 is 1.54 bits per heavy atom. The van der Waals surface area contributed by atoms with Gasteiger partial charge < -0.3 is 39.9 Å². The lowest BCUT2D eigenvalue weighted by atomic mass is 9.89. The SMILES string of the molecule is CC[C@H](C)[C@@H]([C@@H](CC(=O)N1CCC[C@H]1[C@H](OC)[C@@H](C)C(=O)N[C@H](C)[C@@H](O)c1ccccc1)OC)N(C)C(=O)[C@@H](NC(=O)[C@H](C(C)C)N(C)C(=O)CCS)C(C)C. The minimum Gasteiger partial charge on any atom is -0.386 e. The van der Waals surface area contributed by atoms with Gasteiger partial charge in [-0.05, 0) is 48.8 Å². The molecule has 13 nitrogen and oxygen atoms in total. The molecule has 2 rings (SSSR count). The summed E-state index contributed by atoms with van der Waals surface area (Å²) >= 11 is 4.17. The summed E-state index contributed by atoms with van der Waals surface area (Å²) in [6.45, 7) is 15.5. The van der Waals surface area contributed by atoms with Gasteiger partial charge in [0.15, 0.2) is 0 Å². The maximum Gasteiger partial charge on any atom is 0.245 e. The third-order valence-corrected chi connectivity index (χ3v) is 11.7. The second-order valence-corrected chi connectivity index (χ2v) is 16.6. The van der Waals surface area contributed by atoms with Gasteiger partial charge in [0.1, 0.15) is 12.1 Å². The molecular formula is C42H71N5O8S. The van der Waals surface area contributed by atoms with E-state index >= 15 is 0 Å². The third kappa shape index (κ3) is 12.6. The lowest BCUT2D eigenvalue weighted by Gasteiger charge is -2.41. The average Bonchev–Trinajstić information content (AvgIpc) is 3.65. The van der Waals surface area contributed by atoms with Gasteiger partial charge in [-0.15, -0.1) is 0 Å². The topological polar surface area (TPSA) is 158 Å². The predicted molar refractivity (Wildman–Crippen MR) is 222 cm³/mol. The third-order valence-electron chi connectivity index (χ3n) is 11.5. The van der Waals surface area contributed by atoms with Crippen molar-refractivity contribution in [3.63, 3.8) is 0 Å². The molecule has 1 aliphatic heterocycles. The Labute approximate surface area is 341 Å². The van der Waals surface area contributed by atoms with Crippen LogP contribution in [0.2, 0.25) is 0 Å². The molecule has 1 aliphatic rings. The monoisotopic (exact) mass is 806 g/mol. The molecule has 0 bridgehead atoms. The number of hydrogen-bond acceptors (Lipinski definition) is 9. The molecule has 0 spiro atoms. The second kappa shape index (κ2) is 23.3. The van der Waals surface area contributed by atoms with Gasteiger partial charge >= 0.3 is 0 Å². The van der Waals surface area contributed by atoms with Crippen LogP contribution in [-0.4, -0.2) is 132 Å². The van der Waals surface area contributed by atoms with Crippen LogP contribution in [0.25, 0.3) is 0 Å². The number of ether oxygens (including phenoxy) is 2. The zero-order valence-electron chi connectivity index (χ0n) is 35.9. The van der Waals surface area contributed by atoms with Gasteiger partial charge in [0.2, 0.25) is 29.5 Å². The number of hydrogen-bond donors (Lipinski definition) is 4. The van der Waals surface area contributed by atoms with Crippen LogP contribution in [0.15, 0.2) is 30.3 Å². The first-order valence-corrected chi connectivity index (χ1v) is 20.8. The zero-order valence-corrected chi connectivity index (χ0v) is 36.8. The Morgan fingerprint density at radius 1 is 0.911 bits per heavy atom. The summed E-state index contributed by atoms with van der Waals surface area (Å²) in [5.41, 5.74) is 0.699. The van der Waals surface area contributed by atoms with Crippen LogP contribution in [-0.2, 0) is 33.4 Å². The van der Waals surface area contributed by atoms with Crippen molar-refractivity contribution in [1.29, 1.82) is 0 Å². The van der Waals surface area contributed by atoms with Crippen molar-refractivity contribution in [2.45, 2.75) is 136 Å². The molecule has 1 saturated heterocycles. The number of likely N-dealkylation sites (tertiary alicyclic amines) is 1. The van der Waals surface area contributed by atoms with Gasteiger partial charge in [0.05, 0.1) is 48.8 Å². The lowest BCUT2D eigenvalue weighted by Crippen LogP contribution is -2.60. The summed E-state index contributed by atoms with van der Waals surface area (Å²) in [7, 11) is 6.37. The number of aliphatic hydroxyl groups is 1. The summed E-state index contributed by atoms with van der Waals surface area (Å²) in [5, 5.41) is 16.7. The number of rotatable bonds is 22. The van der Waals surface area contributed by atoms with E-state index in [1.165, 1.54) is 12.0 Å². The van der Waals surface area contributed by atoms with E-state index in [4.69, 9.17) is 9.47 Å². The highest BCUT2D eigenvalue weighted by atomic mass is 32.1. The fraction of sp³-hybridized carbons (Fsp3) is 0.738. The van der Waals surface area contributed by atoms with Crippen molar-refractivity contribution in [3.8, 4) is 0 Å². The number of aliphatic hydroxyl groups excluding tert-OH is 1. The Hall–Kier alpha value is -3.20. The van der Waals surface area contributed by atoms with Gasteiger partial charge in [-0.2, -0.15) is 12.6 Å². The van der Waals surface area contributed by atoms with Crippen molar-refractivity contribution in [2.75, 3.05) is 40.6 Å². The van der Waals surface area contributed by atoms with Crippen molar-refractivity contribution in [2.24, 2.45) is 23.7 Å². The van der Waals surface area contributed by atoms with Crippen molar-refractivity contribution in [1.82, 2.24) is 25.3 Å². The summed E-state index contributed by atoms with van der Waals surface area (Å²) in [6, 6.07) is 6.04. The fourth-order valence-electron chi connectivity index (χ4n) is 8.00. The highest BCUT2D eigenvalue weighted by Crippen LogP contribution is 2.30. The highest BCUT2D eigenvalue weighted by molar-refractivity contribution is 7.80. The van der Waals surface area contributed by atoms with Gasteiger partial charge in [0.25, 0.3) is 0 Å². The Balaban J connectivity index is 2.28. The van der Waals surface area contributed by atoms with Crippen molar-refractivity contribution in [3.05, 3.63) is 35.9 Å². The molecule has 0 aliphatic carbocycles. The summed E-state index contributed by atoms with van der Waals surface area (Å²) < 4.78 is 11.9. The molecule has 10 atom stereocenters. The molecule has 14 heteroatoms. The van der Waals surface area contributed by atoms with E-state index in [9.17, 15) is 29.1 Å². The number of methoxy groups -OCH3 is 2. The first kappa shape index (κ1) is 48.9. The smallest absolute Gasteiger partial charge is 0.245 e. The molecule has 1 aromatic carbocycles. The van der Waals surface area contributed by atoms with Crippen LogP contribution in [0.5, 0.6) is 0 Å². The van der Waals surface area contributed by atoms with Crippen molar-refractivity contribution >= 4 is 42.2 Å². The summed E-state index contributed by atoms with van der Waals surface area (Å²) in [6.07, 6.45) is 0.0997. The summed E-state index contributed by atoms with van der Waals surface area (Å²) in [4.78, 5) is 73.4. The molecule has 0 saturated carbocycles. The van der Waals surface area contributed by atoms with Crippen LogP contribution in [0.1, 0.15) is 99.2 Å². The highest BCUT2D eigenvalue weighted by Gasteiger charge is 2.43. The largest absolute Gasteiger partial charge is 0.386 e. The molecule has 5 amide bonds. The van der Waals surface area contributed by atoms with Gasteiger partial charge in [-0.3, -0.25) is 24.0 Å². The molecule has 1 fully saturated rings. The Kier molecular flexibility index (Phi) is 20.3. The second-order valence-electron chi connectivity index (χ2n) is 16.1. The van der Waals surface area contributed by atoms with Crippen LogP contribution >= 0.6 is 12.6 Å². The van der Waals surface area contributed by atoms with E-state index in [2.05, 4.69) is 23.3 Å². The number of benzene rings is 1. The Morgan fingerprint density at radius 3 is 2.05 bits per heavy atom. The van der Waals surface area contributed by atoms with Gasteiger partial charge in [-0.25, -0.2) is 0 Å². The molecular weight excluding hydrogens is 735 g/mol. The average molecular weight is 806 g/mol. The maximum atomic E-state index is 14.4. The van der Waals surface area contributed by atoms with Crippen LogP contribution < -0.4 is 10.6 Å². The number of carbonyl (C=O) groups is 5. The van der Waals surface area contributed by atoms with Crippen LogP contribution in [0, 0.1) is 23.7 Å². The number of nitrogens with one attached hydrogen (secondary N) is 2. The summed E-state index contributed by atoms with van der Waals surface area (Å²) in [5.74, 6) is -2.21. The van der Waals surface area contributed by atoms with Gasteiger partial charge in [0, 0.05) is 41.3 Å². The van der Waals surface area contributed by atoms with E-state index < -0.39 is 54.3 Å². The number of carbonyl (C=O) groups excluding carboxylic acids is 5. The number of amides is 5. The molecule has 3 N–H and O–H groups in total. The van der Waals surface area contributed by atoms with E-state index in [-0.39, 0.29) is 60.3 Å². The maximum absolute atomic E-state index is 14.4. The van der Waals surface area contributed by atoms with Gasteiger partial charge in [-0.1, -0.05) is 85.2 Å². The first-order valence-electron chi connectivity index (χ1n) is 20.2. The first-order chi connectivity index (χ1) is 26.4. The van der Waals surface area contributed by atoms with E-state index in [1.807, 2.05) is 71.9 Å². The lowest BCUT2D eigenvalue weighted by molar-refractivity contribution is -0.148. The number of thiol groups is 1. The van der Waals surface area contributed by atoms with Crippen LogP contribution in [0.3, 0.4) is 0 Å². The predicted octanol–water partition coefficient (Wildman–Crippen LogP) is 4.09. The zero-order chi connectivity index (χ0) is 42.4. The van der Waals surface area contributed by atoms with E-state index in [1.54, 1.807) is 44.9 Å². The molecule has 0 aromatic heterocycles. The molecule has 318 valence electrons. The Bertz CT molecular complexity index is 1420. The fourth-order valence-corrected chi connectivity index (χ4v) is 8.20. The van der Waals surface area contributed by atoms with Crippen molar-refractivity contribution < 1.29 is 38.6 Å². The molecule has 0 unspecified atom stereocenters. The minimum atomic E-state index is -0.892. The molecule has 1 heterocycles.